The molecule has 1 N–H and O–H groups in total. The van der Waals surface area contributed by atoms with Crippen molar-refractivity contribution < 1.29 is 14.2 Å². The number of nitrogens with zero attached hydrogens (tertiary/aromatic N) is 2. The summed E-state index contributed by atoms with van der Waals surface area (Å²) in [6.07, 6.45) is 3.85. The van der Waals surface area contributed by atoms with Gasteiger partial charge in [0.1, 0.15) is 17.2 Å². The Morgan fingerprint density at radius 3 is 2.56 bits per heavy atom. The lowest BCUT2D eigenvalue weighted by molar-refractivity contribution is 0.276. The molecule has 0 aliphatic rings. The van der Waals surface area contributed by atoms with Crippen molar-refractivity contribution in [3.63, 3.8) is 0 Å². The Labute approximate surface area is 162 Å². The maximum Gasteiger partial charge on any atom is 0.137 e. The predicted molar refractivity (Wildman–Crippen MR) is 106 cm³/mol. The molecule has 0 spiro atoms. The zero-order chi connectivity index (χ0) is 18.1. The van der Waals surface area contributed by atoms with Crippen molar-refractivity contribution in [2.24, 2.45) is 0 Å². The van der Waals surface area contributed by atoms with E-state index in [4.69, 9.17) is 9.84 Å². The Hall–Kier alpha value is -2.89. The van der Waals surface area contributed by atoms with Gasteiger partial charge in [0.25, 0.3) is 0 Å². The van der Waals surface area contributed by atoms with Crippen molar-refractivity contribution in [2.75, 3.05) is 7.11 Å². The fraction of sp³-hybridized carbons (Fsp3) is 0.0952. The Kier molecular flexibility index (Phi) is 5.44. The van der Waals surface area contributed by atoms with E-state index in [2.05, 4.69) is 4.98 Å². The number of pyridine rings is 1. The molecule has 0 bridgehead atoms. The van der Waals surface area contributed by atoms with Gasteiger partial charge in [-0.15, -0.1) is 12.4 Å². The van der Waals surface area contributed by atoms with Crippen molar-refractivity contribution in [3.05, 3.63) is 78.4 Å². The van der Waals surface area contributed by atoms with Gasteiger partial charge in [-0.25, -0.2) is 9.37 Å². The normalized spacial score (nSPS) is 10.6. The topological polar surface area (TPSA) is 46.8 Å². The van der Waals surface area contributed by atoms with Gasteiger partial charge in [0.15, 0.2) is 0 Å². The summed E-state index contributed by atoms with van der Waals surface area (Å²) in [6.45, 7) is -0.309. The van der Waals surface area contributed by atoms with Crippen LogP contribution in [0, 0.1) is 5.82 Å². The third-order valence-corrected chi connectivity index (χ3v) is 4.37. The lowest BCUT2D eigenvalue weighted by Crippen LogP contribution is -1.91. The van der Waals surface area contributed by atoms with Crippen LogP contribution in [0.4, 0.5) is 4.39 Å². The first-order valence-corrected chi connectivity index (χ1v) is 8.21. The molecule has 0 saturated heterocycles. The zero-order valence-corrected chi connectivity index (χ0v) is 15.4. The molecule has 0 aliphatic carbocycles. The molecule has 4 rings (SSSR count). The smallest absolute Gasteiger partial charge is 0.137 e. The van der Waals surface area contributed by atoms with Gasteiger partial charge in [-0.2, -0.15) is 0 Å². The average molecular weight is 385 g/mol. The van der Waals surface area contributed by atoms with Crippen LogP contribution in [0.15, 0.2) is 67.0 Å². The molecule has 0 aliphatic heterocycles. The maximum atomic E-state index is 14.0. The van der Waals surface area contributed by atoms with E-state index in [0.29, 0.717) is 0 Å². The number of methoxy groups -OCH3 is 1. The Morgan fingerprint density at radius 1 is 1.00 bits per heavy atom. The van der Waals surface area contributed by atoms with E-state index in [0.717, 1.165) is 33.8 Å². The SMILES string of the molecule is COc1cccc(-c2cn3cc(-c4ccc(CO)c(F)c4)ccc3n2)c1.Cl. The molecular formula is C21H18ClFN2O2. The number of rotatable bonds is 4. The number of fused-ring (bicyclic) bond motifs is 1. The highest BCUT2D eigenvalue weighted by atomic mass is 35.5. The number of aliphatic hydroxyl groups is 1. The van der Waals surface area contributed by atoms with Crippen molar-refractivity contribution in [3.8, 4) is 28.1 Å². The molecule has 0 radical (unpaired) electrons. The molecule has 2 aromatic heterocycles. The Balaban J connectivity index is 0.00000210. The second-order valence-electron chi connectivity index (χ2n) is 6.01. The van der Waals surface area contributed by atoms with Crippen molar-refractivity contribution >= 4 is 18.1 Å². The summed E-state index contributed by atoms with van der Waals surface area (Å²) in [6, 6.07) is 16.4. The first kappa shape index (κ1) is 18.9. The van der Waals surface area contributed by atoms with E-state index >= 15 is 0 Å². The molecule has 138 valence electrons. The predicted octanol–water partition coefficient (Wildman–Crippen LogP) is 4.73. The standard InChI is InChI=1S/C21H17FN2O2.ClH/c1-26-18-4-2-3-15(9-18)20-12-24-11-16(7-8-21(24)23-20)14-5-6-17(13-25)19(22)10-14;/h2-12,25H,13H2,1H3;1H. The lowest BCUT2D eigenvalue weighted by atomic mass is 10.1. The summed E-state index contributed by atoms with van der Waals surface area (Å²) in [5.74, 6) is 0.368. The van der Waals surface area contributed by atoms with Gasteiger partial charge in [0.05, 0.1) is 19.4 Å². The van der Waals surface area contributed by atoms with Gasteiger partial charge in [-0.3, -0.25) is 0 Å². The summed E-state index contributed by atoms with van der Waals surface area (Å²) in [7, 11) is 1.64. The molecular weight excluding hydrogens is 367 g/mol. The van der Waals surface area contributed by atoms with Crippen LogP contribution in [0.1, 0.15) is 5.56 Å². The van der Waals surface area contributed by atoms with Crippen LogP contribution < -0.4 is 4.74 Å². The van der Waals surface area contributed by atoms with Gasteiger partial charge in [-0.1, -0.05) is 24.3 Å². The van der Waals surface area contributed by atoms with E-state index in [1.807, 2.05) is 53.2 Å². The highest BCUT2D eigenvalue weighted by molar-refractivity contribution is 5.85. The van der Waals surface area contributed by atoms with Crippen LogP contribution >= 0.6 is 12.4 Å². The van der Waals surface area contributed by atoms with Crippen molar-refractivity contribution in [1.29, 1.82) is 0 Å². The van der Waals surface area contributed by atoms with Crippen LogP contribution in [-0.4, -0.2) is 21.6 Å². The summed E-state index contributed by atoms with van der Waals surface area (Å²) in [5.41, 5.74) is 4.52. The fourth-order valence-electron chi connectivity index (χ4n) is 2.94. The number of hydrogen-bond acceptors (Lipinski definition) is 3. The van der Waals surface area contributed by atoms with Gasteiger partial charge in [0, 0.05) is 23.5 Å². The molecule has 6 heteroatoms. The molecule has 2 aromatic carbocycles. The molecule has 0 atom stereocenters. The highest BCUT2D eigenvalue weighted by Gasteiger charge is 2.08. The van der Waals surface area contributed by atoms with Gasteiger partial charge in [-0.05, 0) is 41.5 Å². The third kappa shape index (κ3) is 3.65. The van der Waals surface area contributed by atoms with Gasteiger partial charge in [0.2, 0.25) is 0 Å². The lowest BCUT2D eigenvalue weighted by Gasteiger charge is -2.05. The first-order valence-electron chi connectivity index (χ1n) is 8.21. The number of imidazole rings is 1. The summed E-state index contributed by atoms with van der Waals surface area (Å²) < 4.78 is 21.1. The monoisotopic (exact) mass is 384 g/mol. The van der Waals surface area contributed by atoms with E-state index in [9.17, 15) is 4.39 Å². The maximum absolute atomic E-state index is 14.0. The summed E-state index contributed by atoms with van der Waals surface area (Å²) in [5, 5.41) is 9.11. The second kappa shape index (κ2) is 7.78. The number of aliphatic hydroxyl groups excluding tert-OH is 1. The number of halogens is 2. The number of ether oxygens (including phenoxy) is 1. The van der Waals surface area contributed by atoms with Crippen LogP contribution in [0.2, 0.25) is 0 Å². The summed E-state index contributed by atoms with van der Waals surface area (Å²) in [4.78, 5) is 4.64. The number of aromatic nitrogens is 2. The Bertz CT molecular complexity index is 1090. The molecule has 0 unspecified atom stereocenters. The van der Waals surface area contributed by atoms with Gasteiger partial charge >= 0.3 is 0 Å². The quantitative estimate of drug-likeness (QED) is 0.553. The molecule has 2 heterocycles. The zero-order valence-electron chi connectivity index (χ0n) is 14.6. The molecule has 27 heavy (non-hydrogen) atoms. The van der Waals surface area contributed by atoms with E-state index in [-0.39, 0.29) is 24.6 Å². The van der Waals surface area contributed by atoms with Crippen LogP contribution in [0.25, 0.3) is 28.0 Å². The molecule has 0 fully saturated rings. The van der Waals surface area contributed by atoms with E-state index in [1.54, 1.807) is 19.2 Å². The van der Waals surface area contributed by atoms with Crippen molar-refractivity contribution in [1.82, 2.24) is 9.38 Å². The molecule has 0 amide bonds. The summed E-state index contributed by atoms with van der Waals surface area (Å²) >= 11 is 0. The minimum atomic E-state index is -0.409. The molecule has 0 saturated carbocycles. The number of hydrogen-bond donors (Lipinski definition) is 1. The third-order valence-electron chi connectivity index (χ3n) is 4.37. The van der Waals surface area contributed by atoms with Crippen LogP contribution in [-0.2, 0) is 6.61 Å². The average Bonchev–Trinajstić information content (AvgIpc) is 3.11. The number of benzene rings is 2. The van der Waals surface area contributed by atoms with Crippen LogP contribution in [0.5, 0.6) is 5.75 Å². The van der Waals surface area contributed by atoms with Crippen molar-refractivity contribution in [2.45, 2.75) is 6.61 Å². The largest absolute Gasteiger partial charge is 0.497 e. The van der Waals surface area contributed by atoms with Gasteiger partial charge < -0.3 is 14.2 Å². The Morgan fingerprint density at radius 2 is 1.81 bits per heavy atom. The first-order chi connectivity index (χ1) is 12.7. The van der Waals surface area contributed by atoms with E-state index < -0.39 is 5.82 Å². The second-order valence-corrected chi connectivity index (χ2v) is 6.01. The minimum Gasteiger partial charge on any atom is -0.497 e. The minimum absolute atomic E-state index is 0. The fourth-order valence-corrected chi connectivity index (χ4v) is 2.94. The molecule has 4 nitrogen and oxygen atoms in total. The van der Waals surface area contributed by atoms with E-state index in [1.165, 1.54) is 6.07 Å². The highest BCUT2D eigenvalue weighted by Crippen LogP contribution is 2.26. The van der Waals surface area contributed by atoms with Crippen LogP contribution in [0.3, 0.4) is 0 Å². The molecule has 4 aromatic rings.